The Bertz CT molecular complexity index is 543. The first-order valence-corrected chi connectivity index (χ1v) is 8.82. The number of carbonyl (C=O) groups is 1. The number of nitrogen functional groups attached to an aromatic ring is 1. The monoisotopic (exact) mass is 333 g/mol. The number of unbranched alkanes of at least 4 members (excludes halogenated alkanes) is 2. The molecule has 0 aliphatic rings. The third-order valence-electron chi connectivity index (χ3n) is 3.20. The largest absolute Gasteiger partial charge is 0.397 e. The molecule has 0 aromatic heterocycles. The summed E-state index contributed by atoms with van der Waals surface area (Å²) in [5, 5.41) is 6.16. The van der Waals surface area contributed by atoms with Crippen molar-refractivity contribution in [2.75, 3.05) is 23.3 Å². The first-order valence-electron chi connectivity index (χ1n) is 7.83. The highest BCUT2D eigenvalue weighted by atomic mass is 32.2. The zero-order valence-electron chi connectivity index (χ0n) is 13.9. The number of benzene rings is 1. The first kappa shape index (κ1) is 19.2. The predicted octanol–water partition coefficient (Wildman–Crippen LogP) is 4.14. The number of para-hydroxylation sites is 2. The molecule has 1 amide bonds. The van der Waals surface area contributed by atoms with Crippen LogP contribution in [-0.2, 0) is 4.79 Å². The smallest absolute Gasteiger partial charge is 0.230 e. The highest BCUT2D eigenvalue weighted by Gasteiger charge is 2.02. The fourth-order valence-corrected chi connectivity index (χ4v) is 2.45. The van der Waals surface area contributed by atoms with Crippen molar-refractivity contribution in [1.82, 2.24) is 5.32 Å². The second kappa shape index (κ2) is 10.8. The molecule has 5 heteroatoms. The molecule has 23 heavy (non-hydrogen) atoms. The first-order chi connectivity index (χ1) is 11.0. The summed E-state index contributed by atoms with van der Waals surface area (Å²) in [5.41, 5.74) is 8.48. The molecule has 0 fully saturated rings. The van der Waals surface area contributed by atoms with E-state index in [-0.39, 0.29) is 5.91 Å². The van der Waals surface area contributed by atoms with Gasteiger partial charge in [-0.05, 0) is 43.2 Å². The van der Waals surface area contributed by atoms with E-state index in [2.05, 4.69) is 23.8 Å². The standard InChI is InChI=1S/C18H27N3OS/c1-14(2)23-13-18(22)20-12-8-4-5-9-15(3)21-17-11-7-6-10-16(17)19/h6-7,10-11,21H,1,3-5,8-9,12-13,19H2,2H3,(H,20,22). The Hall–Kier alpha value is -1.88. The van der Waals surface area contributed by atoms with Crippen LogP contribution in [0.25, 0.3) is 0 Å². The lowest BCUT2D eigenvalue weighted by Gasteiger charge is -2.11. The number of thioether (sulfide) groups is 1. The fourth-order valence-electron chi connectivity index (χ4n) is 1.97. The Morgan fingerprint density at radius 1 is 1.22 bits per heavy atom. The molecule has 0 saturated carbocycles. The Balaban J connectivity index is 2.06. The Kier molecular flexibility index (Phi) is 8.98. The van der Waals surface area contributed by atoms with Crippen molar-refractivity contribution in [3.63, 3.8) is 0 Å². The fraction of sp³-hybridized carbons (Fsp3) is 0.389. The topological polar surface area (TPSA) is 67.2 Å². The second-order valence-electron chi connectivity index (χ2n) is 5.47. The van der Waals surface area contributed by atoms with Crippen LogP contribution in [0.15, 0.2) is 48.0 Å². The molecule has 4 nitrogen and oxygen atoms in total. The maximum Gasteiger partial charge on any atom is 0.230 e. The highest BCUT2D eigenvalue weighted by Crippen LogP contribution is 2.20. The molecule has 1 aromatic rings. The second-order valence-corrected chi connectivity index (χ2v) is 6.74. The molecule has 0 heterocycles. The predicted molar refractivity (Wildman–Crippen MR) is 102 cm³/mol. The zero-order valence-corrected chi connectivity index (χ0v) is 14.7. The van der Waals surface area contributed by atoms with E-state index in [1.54, 1.807) is 0 Å². The maximum atomic E-state index is 11.5. The number of nitrogens with two attached hydrogens (primary N) is 1. The molecule has 1 rings (SSSR count). The van der Waals surface area contributed by atoms with E-state index in [1.807, 2.05) is 31.2 Å². The van der Waals surface area contributed by atoms with Crippen LogP contribution in [0.5, 0.6) is 0 Å². The van der Waals surface area contributed by atoms with E-state index >= 15 is 0 Å². The number of rotatable bonds is 11. The van der Waals surface area contributed by atoms with Gasteiger partial charge in [-0.25, -0.2) is 0 Å². The summed E-state index contributed by atoms with van der Waals surface area (Å²) in [7, 11) is 0. The average molecular weight is 334 g/mol. The van der Waals surface area contributed by atoms with Crippen molar-refractivity contribution in [2.24, 2.45) is 0 Å². The summed E-state index contributed by atoms with van der Waals surface area (Å²) < 4.78 is 0. The lowest BCUT2D eigenvalue weighted by molar-refractivity contribution is -0.118. The van der Waals surface area contributed by atoms with E-state index < -0.39 is 0 Å². The van der Waals surface area contributed by atoms with Gasteiger partial charge < -0.3 is 16.4 Å². The molecule has 0 radical (unpaired) electrons. The number of hydrogen-bond donors (Lipinski definition) is 3. The van der Waals surface area contributed by atoms with Crippen LogP contribution in [0.1, 0.15) is 32.6 Å². The average Bonchev–Trinajstić information content (AvgIpc) is 2.51. The van der Waals surface area contributed by atoms with Gasteiger partial charge in [-0.1, -0.05) is 31.7 Å². The third kappa shape index (κ3) is 8.98. The van der Waals surface area contributed by atoms with Crippen LogP contribution in [0.2, 0.25) is 0 Å². The lowest BCUT2D eigenvalue weighted by atomic mass is 10.1. The molecule has 4 N–H and O–H groups in total. The normalized spacial score (nSPS) is 10.1. The van der Waals surface area contributed by atoms with E-state index in [0.29, 0.717) is 5.75 Å². The number of hydrogen-bond acceptors (Lipinski definition) is 4. The molecular weight excluding hydrogens is 306 g/mol. The van der Waals surface area contributed by atoms with Gasteiger partial charge >= 0.3 is 0 Å². The van der Waals surface area contributed by atoms with Crippen LogP contribution in [0.3, 0.4) is 0 Å². The Morgan fingerprint density at radius 3 is 2.65 bits per heavy atom. The SMILES string of the molecule is C=C(CCCCCNC(=O)CSC(=C)C)Nc1ccccc1N. The van der Waals surface area contributed by atoms with E-state index in [1.165, 1.54) is 11.8 Å². The van der Waals surface area contributed by atoms with Gasteiger partial charge in [0.05, 0.1) is 17.1 Å². The molecule has 0 aliphatic carbocycles. The molecule has 1 aromatic carbocycles. The molecule has 0 spiro atoms. The van der Waals surface area contributed by atoms with Gasteiger partial charge in [-0.15, -0.1) is 11.8 Å². The van der Waals surface area contributed by atoms with E-state index in [0.717, 1.165) is 54.2 Å². The summed E-state index contributed by atoms with van der Waals surface area (Å²) in [6.07, 6.45) is 3.96. The minimum Gasteiger partial charge on any atom is -0.397 e. The third-order valence-corrected chi connectivity index (χ3v) is 4.10. The van der Waals surface area contributed by atoms with Crippen molar-refractivity contribution < 1.29 is 4.79 Å². The van der Waals surface area contributed by atoms with Crippen molar-refractivity contribution in [2.45, 2.75) is 32.6 Å². The van der Waals surface area contributed by atoms with Gasteiger partial charge in [0.15, 0.2) is 0 Å². The van der Waals surface area contributed by atoms with Gasteiger partial charge in [0.1, 0.15) is 0 Å². The molecule has 0 bridgehead atoms. The minimum absolute atomic E-state index is 0.0728. The van der Waals surface area contributed by atoms with Crippen molar-refractivity contribution >= 4 is 29.0 Å². The van der Waals surface area contributed by atoms with Crippen molar-refractivity contribution in [3.8, 4) is 0 Å². The Labute approximate surface area is 143 Å². The number of carbonyl (C=O) groups excluding carboxylic acids is 1. The van der Waals surface area contributed by atoms with Gasteiger partial charge in [-0.3, -0.25) is 4.79 Å². The Morgan fingerprint density at radius 2 is 1.96 bits per heavy atom. The molecule has 0 saturated heterocycles. The summed E-state index contributed by atoms with van der Waals surface area (Å²) in [5.74, 6) is 0.526. The molecule has 0 unspecified atom stereocenters. The van der Waals surface area contributed by atoms with Crippen LogP contribution in [-0.4, -0.2) is 18.2 Å². The highest BCUT2D eigenvalue weighted by molar-refractivity contribution is 8.03. The van der Waals surface area contributed by atoms with Crippen LogP contribution >= 0.6 is 11.8 Å². The van der Waals surface area contributed by atoms with E-state index in [4.69, 9.17) is 5.73 Å². The number of nitrogens with one attached hydrogen (secondary N) is 2. The minimum atomic E-state index is 0.0728. The van der Waals surface area contributed by atoms with Gasteiger partial charge in [0.25, 0.3) is 0 Å². The number of anilines is 2. The lowest BCUT2D eigenvalue weighted by Crippen LogP contribution is -2.26. The quantitative estimate of drug-likeness (QED) is 0.420. The van der Waals surface area contributed by atoms with Crippen LogP contribution in [0, 0.1) is 0 Å². The summed E-state index contributed by atoms with van der Waals surface area (Å²) >= 11 is 1.48. The molecule has 0 atom stereocenters. The van der Waals surface area contributed by atoms with E-state index in [9.17, 15) is 4.79 Å². The van der Waals surface area contributed by atoms with Crippen molar-refractivity contribution in [1.29, 1.82) is 0 Å². The van der Waals surface area contributed by atoms with Gasteiger partial charge in [-0.2, -0.15) is 0 Å². The molecule has 0 aliphatic heterocycles. The molecule has 126 valence electrons. The maximum absolute atomic E-state index is 11.5. The molecular formula is C18H27N3OS. The van der Waals surface area contributed by atoms with Crippen LogP contribution < -0.4 is 16.4 Å². The van der Waals surface area contributed by atoms with Crippen molar-refractivity contribution in [3.05, 3.63) is 48.0 Å². The van der Waals surface area contributed by atoms with Gasteiger partial charge in [0, 0.05) is 12.2 Å². The number of allylic oxidation sites excluding steroid dienone is 2. The summed E-state index contributed by atoms with van der Waals surface area (Å²) in [6, 6.07) is 7.66. The summed E-state index contributed by atoms with van der Waals surface area (Å²) in [4.78, 5) is 12.5. The summed E-state index contributed by atoms with van der Waals surface area (Å²) in [6.45, 7) is 10.4. The zero-order chi connectivity index (χ0) is 17.1. The van der Waals surface area contributed by atoms with Gasteiger partial charge in [0.2, 0.25) is 5.91 Å². The number of amides is 1. The van der Waals surface area contributed by atoms with Crippen LogP contribution in [0.4, 0.5) is 11.4 Å².